The number of anilines is 1. The number of amides is 1. The summed E-state index contributed by atoms with van der Waals surface area (Å²) in [7, 11) is 0. The lowest BCUT2D eigenvalue weighted by Gasteiger charge is -2.33. The minimum Gasteiger partial charge on any atom is -0.378 e. The zero-order valence-corrected chi connectivity index (χ0v) is 11.8. The van der Waals surface area contributed by atoms with Crippen molar-refractivity contribution in [2.45, 2.75) is 25.9 Å². The monoisotopic (exact) mass is 278 g/mol. The first-order valence-corrected chi connectivity index (χ1v) is 7.01. The predicted molar refractivity (Wildman–Crippen MR) is 77.2 cm³/mol. The highest BCUT2D eigenvalue weighted by Crippen LogP contribution is 2.13. The fourth-order valence-electron chi connectivity index (χ4n) is 2.22. The zero-order valence-electron chi connectivity index (χ0n) is 11.8. The van der Waals surface area contributed by atoms with E-state index in [-0.39, 0.29) is 11.9 Å². The van der Waals surface area contributed by atoms with Crippen LogP contribution in [0.2, 0.25) is 0 Å². The van der Waals surface area contributed by atoms with E-state index in [2.05, 4.69) is 17.2 Å². The molecule has 6 nitrogen and oxygen atoms in total. The maximum Gasteiger partial charge on any atom is 0.237 e. The number of hydrogen-bond donors (Lipinski definition) is 2. The normalized spacial score (nSPS) is 19.8. The van der Waals surface area contributed by atoms with E-state index in [1.807, 2.05) is 23.1 Å². The van der Waals surface area contributed by atoms with Gasteiger partial charge < -0.3 is 15.8 Å². The first-order chi connectivity index (χ1) is 9.70. The Hall–Kier alpha value is -1.66. The largest absolute Gasteiger partial charge is 0.378 e. The SMILES string of the molecule is CCCNc1cccc(CN2CCOCC2C(N)=O)n1. The number of pyridine rings is 1. The number of nitrogens with zero attached hydrogens (tertiary/aromatic N) is 2. The number of morpholine rings is 1. The van der Waals surface area contributed by atoms with E-state index in [0.717, 1.165) is 24.5 Å². The molecule has 2 heterocycles. The molecule has 1 atom stereocenters. The molecule has 110 valence electrons. The van der Waals surface area contributed by atoms with Crippen molar-refractivity contribution in [3.63, 3.8) is 0 Å². The Morgan fingerprint density at radius 1 is 1.60 bits per heavy atom. The highest BCUT2D eigenvalue weighted by molar-refractivity contribution is 5.80. The second kappa shape index (κ2) is 7.21. The number of hydrogen-bond acceptors (Lipinski definition) is 5. The van der Waals surface area contributed by atoms with Gasteiger partial charge in [-0.15, -0.1) is 0 Å². The van der Waals surface area contributed by atoms with E-state index in [4.69, 9.17) is 10.5 Å². The standard InChI is InChI=1S/C14H22N4O2/c1-2-6-16-13-5-3-4-11(17-13)9-18-7-8-20-10-12(18)14(15)19/h3-5,12H,2,6-10H2,1H3,(H2,15,19)(H,16,17). The highest BCUT2D eigenvalue weighted by Gasteiger charge is 2.27. The first-order valence-electron chi connectivity index (χ1n) is 7.01. The van der Waals surface area contributed by atoms with E-state index in [1.165, 1.54) is 0 Å². The lowest BCUT2D eigenvalue weighted by atomic mass is 10.2. The van der Waals surface area contributed by atoms with Crippen molar-refractivity contribution in [2.75, 3.05) is 31.6 Å². The number of ether oxygens (including phenoxy) is 1. The summed E-state index contributed by atoms with van der Waals surface area (Å²) in [5.41, 5.74) is 6.34. The number of carbonyl (C=O) groups is 1. The van der Waals surface area contributed by atoms with Gasteiger partial charge in [0.25, 0.3) is 0 Å². The van der Waals surface area contributed by atoms with Gasteiger partial charge in [0.1, 0.15) is 11.9 Å². The van der Waals surface area contributed by atoms with Gasteiger partial charge in [0, 0.05) is 19.6 Å². The third-order valence-electron chi connectivity index (χ3n) is 3.30. The summed E-state index contributed by atoms with van der Waals surface area (Å²) in [5.74, 6) is 0.526. The Bertz CT molecular complexity index is 453. The van der Waals surface area contributed by atoms with Crippen LogP contribution >= 0.6 is 0 Å². The molecule has 2 rings (SSSR count). The molecule has 1 saturated heterocycles. The molecule has 0 aromatic carbocycles. The Labute approximate surface area is 119 Å². The summed E-state index contributed by atoms with van der Waals surface area (Å²) in [4.78, 5) is 18.0. The van der Waals surface area contributed by atoms with Crippen LogP contribution in [-0.4, -0.2) is 48.1 Å². The van der Waals surface area contributed by atoms with Crippen LogP contribution in [0.1, 0.15) is 19.0 Å². The number of nitrogens with two attached hydrogens (primary N) is 1. The lowest BCUT2D eigenvalue weighted by Crippen LogP contribution is -2.51. The molecule has 3 N–H and O–H groups in total. The van der Waals surface area contributed by atoms with E-state index in [9.17, 15) is 4.79 Å². The summed E-state index contributed by atoms with van der Waals surface area (Å²) in [6.07, 6.45) is 1.05. The Kier molecular flexibility index (Phi) is 5.31. The van der Waals surface area contributed by atoms with Crippen molar-refractivity contribution < 1.29 is 9.53 Å². The molecule has 0 aliphatic carbocycles. The molecule has 0 bridgehead atoms. The van der Waals surface area contributed by atoms with Crippen molar-refractivity contribution in [2.24, 2.45) is 5.73 Å². The molecule has 0 radical (unpaired) electrons. The summed E-state index contributed by atoms with van der Waals surface area (Å²) in [6.45, 7) is 5.31. The number of primary amides is 1. The minimum atomic E-state index is -0.363. The van der Waals surface area contributed by atoms with E-state index in [0.29, 0.717) is 26.3 Å². The van der Waals surface area contributed by atoms with Crippen LogP contribution < -0.4 is 11.1 Å². The quantitative estimate of drug-likeness (QED) is 0.796. The first kappa shape index (κ1) is 14.7. The maximum absolute atomic E-state index is 11.4. The van der Waals surface area contributed by atoms with Gasteiger partial charge in [-0.25, -0.2) is 4.98 Å². The summed E-state index contributed by atoms with van der Waals surface area (Å²) in [5, 5.41) is 3.26. The van der Waals surface area contributed by atoms with Crippen molar-refractivity contribution in [1.82, 2.24) is 9.88 Å². The van der Waals surface area contributed by atoms with Gasteiger partial charge >= 0.3 is 0 Å². The van der Waals surface area contributed by atoms with Crippen molar-refractivity contribution in [3.05, 3.63) is 23.9 Å². The van der Waals surface area contributed by atoms with Gasteiger partial charge in [-0.2, -0.15) is 0 Å². The number of rotatable bonds is 6. The van der Waals surface area contributed by atoms with Gasteiger partial charge in [-0.3, -0.25) is 9.69 Å². The zero-order chi connectivity index (χ0) is 14.4. The Morgan fingerprint density at radius 3 is 3.20 bits per heavy atom. The third kappa shape index (κ3) is 3.91. The molecule has 0 spiro atoms. The van der Waals surface area contributed by atoms with Gasteiger partial charge in [0.2, 0.25) is 5.91 Å². The van der Waals surface area contributed by atoms with E-state index >= 15 is 0 Å². The van der Waals surface area contributed by atoms with Crippen LogP contribution in [0.4, 0.5) is 5.82 Å². The Morgan fingerprint density at radius 2 is 2.45 bits per heavy atom. The van der Waals surface area contributed by atoms with E-state index < -0.39 is 0 Å². The highest BCUT2D eigenvalue weighted by atomic mass is 16.5. The Balaban J connectivity index is 2.02. The molecule has 1 aliphatic heterocycles. The topological polar surface area (TPSA) is 80.5 Å². The van der Waals surface area contributed by atoms with Crippen molar-refractivity contribution in [3.8, 4) is 0 Å². The van der Waals surface area contributed by atoms with Gasteiger partial charge in [0.05, 0.1) is 18.9 Å². The second-order valence-electron chi connectivity index (χ2n) is 4.90. The predicted octanol–water partition coefficient (Wildman–Crippen LogP) is 0.590. The fourth-order valence-corrected chi connectivity index (χ4v) is 2.22. The minimum absolute atomic E-state index is 0.343. The fraction of sp³-hybridized carbons (Fsp3) is 0.571. The molecule has 6 heteroatoms. The lowest BCUT2D eigenvalue weighted by molar-refractivity contribution is -0.129. The van der Waals surface area contributed by atoms with Crippen LogP contribution in [0.25, 0.3) is 0 Å². The molecule has 1 unspecified atom stereocenters. The third-order valence-corrected chi connectivity index (χ3v) is 3.30. The van der Waals surface area contributed by atoms with Crippen LogP contribution in [-0.2, 0) is 16.1 Å². The van der Waals surface area contributed by atoms with Crippen LogP contribution in [0.15, 0.2) is 18.2 Å². The molecule has 1 aromatic heterocycles. The number of carbonyl (C=O) groups excluding carboxylic acids is 1. The smallest absolute Gasteiger partial charge is 0.237 e. The molecule has 1 fully saturated rings. The average molecular weight is 278 g/mol. The van der Waals surface area contributed by atoms with Crippen LogP contribution in [0.3, 0.4) is 0 Å². The number of aromatic nitrogens is 1. The summed E-state index contributed by atoms with van der Waals surface area (Å²) >= 11 is 0. The molecule has 1 aromatic rings. The molecule has 0 saturated carbocycles. The molecular weight excluding hydrogens is 256 g/mol. The maximum atomic E-state index is 11.4. The van der Waals surface area contributed by atoms with Gasteiger partial charge in [-0.1, -0.05) is 13.0 Å². The second-order valence-corrected chi connectivity index (χ2v) is 4.90. The van der Waals surface area contributed by atoms with Gasteiger partial charge in [-0.05, 0) is 18.6 Å². The summed E-state index contributed by atoms with van der Waals surface area (Å²) < 4.78 is 5.31. The van der Waals surface area contributed by atoms with Crippen LogP contribution in [0.5, 0.6) is 0 Å². The van der Waals surface area contributed by atoms with Crippen LogP contribution in [0, 0.1) is 0 Å². The summed E-state index contributed by atoms with van der Waals surface area (Å²) in [6, 6.07) is 5.52. The number of nitrogens with one attached hydrogen (secondary N) is 1. The average Bonchev–Trinajstić information content (AvgIpc) is 2.46. The molecule has 20 heavy (non-hydrogen) atoms. The van der Waals surface area contributed by atoms with Gasteiger partial charge in [0.15, 0.2) is 0 Å². The van der Waals surface area contributed by atoms with Crippen molar-refractivity contribution in [1.29, 1.82) is 0 Å². The van der Waals surface area contributed by atoms with E-state index in [1.54, 1.807) is 0 Å². The molecule has 1 aliphatic rings. The van der Waals surface area contributed by atoms with Crippen molar-refractivity contribution >= 4 is 11.7 Å². The molecule has 1 amide bonds. The molecular formula is C14H22N4O2.